The van der Waals surface area contributed by atoms with Gasteiger partial charge in [0.05, 0.1) is 12.2 Å². The monoisotopic (exact) mass is 323 g/mol. The van der Waals surface area contributed by atoms with Crippen molar-refractivity contribution < 1.29 is 9.53 Å². The molecule has 0 amide bonds. The summed E-state index contributed by atoms with van der Waals surface area (Å²) in [6.45, 7) is 7.78. The molecule has 3 nitrogen and oxygen atoms in total. The van der Waals surface area contributed by atoms with Gasteiger partial charge in [-0.25, -0.2) is 4.79 Å². The maximum Gasteiger partial charge on any atom is 0.336 e. The second kappa shape index (κ2) is 7.79. The van der Waals surface area contributed by atoms with Crippen molar-refractivity contribution in [2.24, 2.45) is 0 Å². The quantitative estimate of drug-likeness (QED) is 0.628. The number of anilines is 1. The lowest BCUT2D eigenvalue weighted by atomic mass is 10.1. The van der Waals surface area contributed by atoms with Crippen molar-refractivity contribution in [1.82, 2.24) is 0 Å². The van der Waals surface area contributed by atoms with Crippen LogP contribution in [-0.2, 0) is 9.53 Å². The number of hydrogen-bond acceptors (Lipinski definition) is 3. The molecule has 1 aromatic rings. The molecule has 0 spiro atoms. The zero-order chi connectivity index (χ0) is 14.3. The van der Waals surface area contributed by atoms with Crippen LogP contribution >= 0.6 is 15.9 Å². The van der Waals surface area contributed by atoms with Crippen molar-refractivity contribution in [2.45, 2.75) is 20.3 Å². The normalized spacial score (nSPS) is 11.5. The van der Waals surface area contributed by atoms with Gasteiger partial charge in [0.1, 0.15) is 0 Å². The van der Waals surface area contributed by atoms with Crippen molar-refractivity contribution in [3.63, 3.8) is 0 Å². The zero-order valence-corrected chi connectivity index (χ0v) is 12.8. The fourth-order valence-electron chi connectivity index (χ4n) is 1.58. The lowest BCUT2D eigenvalue weighted by Gasteiger charge is -2.13. The van der Waals surface area contributed by atoms with E-state index in [-0.39, 0.29) is 5.97 Å². The Labute approximate surface area is 122 Å². The number of para-hydroxylation sites is 1. The van der Waals surface area contributed by atoms with Crippen LogP contribution in [0.15, 0.2) is 52.7 Å². The molecule has 0 saturated carbocycles. The molecule has 0 aromatic heterocycles. The molecule has 0 bridgehead atoms. The first-order chi connectivity index (χ1) is 9.04. The topological polar surface area (TPSA) is 38.3 Å². The number of carbonyl (C=O) groups excluding carboxylic acids is 1. The SMILES string of the molecule is C=C(Br)C/C(C(=O)OCC)=C(/C)Nc1ccccc1. The number of esters is 1. The zero-order valence-electron chi connectivity index (χ0n) is 11.2. The molecule has 0 unspecified atom stereocenters. The highest BCUT2D eigenvalue weighted by Gasteiger charge is 2.15. The molecular weight excluding hydrogens is 306 g/mol. The molecule has 19 heavy (non-hydrogen) atoms. The molecule has 0 fully saturated rings. The number of carbonyl (C=O) groups is 1. The Morgan fingerprint density at radius 1 is 1.37 bits per heavy atom. The highest BCUT2D eigenvalue weighted by molar-refractivity contribution is 9.11. The molecule has 0 aliphatic rings. The fourth-order valence-corrected chi connectivity index (χ4v) is 1.86. The first-order valence-electron chi connectivity index (χ1n) is 6.06. The Kier molecular flexibility index (Phi) is 6.36. The Morgan fingerprint density at radius 3 is 2.53 bits per heavy atom. The first kappa shape index (κ1) is 15.5. The highest BCUT2D eigenvalue weighted by Crippen LogP contribution is 2.21. The van der Waals surface area contributed by atoms with Crippen LogP contribution in [0.3, 0.4) is 0 Å². The van der Waals surface area contributed by atoms with Gasteiger partial charge in [-0.2, -0.15) is 0 Å². The summed E-state index contributed by atoms with van der Waals surface area (Å²) < 4.78 is 5.81. The number of nitrogens with one attached hydrogen (secondary N) is 1. The van der Waals surface area contributed by atoms with Crippen molar-refractivity contribution >= 4 is 27.6 Å². The van der Waals surface area contributed by atoms with E-state index in [0.29, 0.717) is 18.6 Å². The second-order valence-electron chi connectivity index (χ2n) is 4.01. The minimum Gasteiger partial charge on any atom is -0.463 e. The molecule has 1 rings (SSSR count). The molecule has 0 radical (unpaired) electrons. The minimum atomic E-state index is -0.316. The van der Waals surface area contributed by atoms with Crippen LogP contribution < -0.4 is 5.32 Å². The third-order valence-corrected chi connectivity index (χ3v) is 2.73. The van der Waals surface area contributed by atoms with E-state index in [1.54, 1.807) is 6.92 Å². The summed E-state index contributed by atoms with van der Waals surface area (Å²) in [5.74, 6) is -0.316. The van der Waals surface area contributed by atoms with Gasteiger partial charge in [0.25, 0.3) is 0 Å². The molecule has 1 aromatic carbocycles. The van der Waals surface area contributed by atoms with Gasteiger partial charge in [-0.15, -0.1) is 0 Å². The van der Waals surface area contributed by atoms with E-state index in [9.17, 15) is 4.79 Å². The minimum absolute atomic E-state index is 0.316. The highest BCUT2D eigenvalue weighted by atomic mass is 79.9. The lowest BCUT2D eigenvalue weighted by molar-refractivity contribution is -0.138. The average molecular weight is 324 g/mol. The van der Waals surface area contributed by atoms with Crippen LogP contribution in [-0.4, -0.2) is 12.6 Å². The van der Waals surface area contributed by atoms with Gasteiger partial charge in [-0.3, -0.25) is 0 Å². The van der Waals surface area contributed by atoms with Crippen LogP contribution in [0.1, 0.15) is 20.3 Å². The maximum absolute atomic E-state index is 11.9. The summed E-state index contributed by atoms with van der Waals surface area (Å²) in [5, 5.41) is 3.20. The summed E-state index contributed by atoms with van der Waals surface area (Å²) >= 11 is 3.28. The number of allylic oxidation sites excluding steroid dienone is 2. The predicted octanol–water partition coefficient (Wildman–Crippen LogP) is 4.23. The number of hydrogen-bond donors (Lipinski definition) is 1. The van der Waals surface area contributed by atoms with Crippen LogP contribution in [0.25, 0.3) is 0 Å². The predicted molar refractivity (Wildman–Crippen MR) is 82.1 cm³/mol. The van der Waals surface area contributed by atoms with E-state index in [1.807, 2.05) is 37.3 Å². The van der Waals surface area contributed by atoms with Gasteiger partial charge >= 0.3 is 5.97 Å². The molecular formula is C15H18BrNO2. The third kappa shape index (κ3) is 5.30. The lowest BCUT2D eigenvalue weighted by Crippen LogP contribution is -2.13. The largest absolute Gasteiger partial charge is 0.463 e. The number of ether oxygens (including phenoxy) is 1. The number of rotatable bonds is 6. The molecule has 102 valence electrons. The Hall–Kier alpha value is -1.55. The van der Waals surface area contributed by atoms with Gasteiger partial charge in [-0.1, -0.05) is 40.7 Å². The van der Waals surface area contributed by atoms with Crippen LogP contribution in [0, 0.1) is 0 Å². The van der Waals surface area contributed by atoms with E-state index < -0.39 is 0 Å². The third-order valence-electron chi connectivity index (χ3n) is 2.45. The Balaban J connectivity index is 2.95. The van der Waals surface area contributed by atoms with Crippen molar-refractivity contribution in [1.29, 1.82) is 0 Å². The van der Waals surface area contributed by atoms with Gasteiger partial charge in [0.2, 0.25) is 0 Å². The Morgan fingerprint density at radius 2 is 2.00 bits per heavy atom. The van der Waals surface area contributed by atoms with Crippen molar-refractivity contribution in [2.75, 3.05) is 11.9 Å². The summed E-state index contributed by atoms with van der Waals surface area (Å²) in [4.78, 5) is 11.9. The summed E-state index contributed by atoms with van der Waals surface area (Å²) in [6.07, 6.45) is 0.435. The van der Waals surface area contributed by atoms with Gasteiger partial charge < -0.3 is 10.1 Å². The molecule has 0 aliphatic heterocycles. The standard InChI is InChI=1S/C15H18BrNO2/c1-4-19-15(18)14(10-11(2)16)12(3)17-13-8-6-5-7-9-13/h5-9,17H,2,4,10H2,1,3H3/b14-12+. The van der Waals surface area contributed by atoms with E-state index in [0.717, 1.165) is 15.9 Å². The summed E-state index contributed by atoms with van der Waals surface area (Å²) in [7, 11) is 0. The second-order valence-corrected chi connectivity index (χ2v) is 5.13. The molecule has 4 heteroatoms. The Bertz CT molecular complexity index is 480. The number of benzene rings is 1. The smallest absolute Gasteiger partial charge is 0.336 e. The van der Waals surface area contributed by atoms with Crippen molar-refractivity contribution in [3.05, 3.63) is 52.7 Å². The maximum atomic E-state index is 11.9. The average Bonchev–Trinajstić information content (AvgIpc) is 2.37. The van der Waals surface area contributed by atoms with Crippen LogP contribution in [0.5, 0.6) is 0 Å². The molecule has 0 saturated heterocycles. The van der Waals surface area contributed by atoms with E-state index in [2.05, 4.69) is 27.8 Å². The van der Waals surface area contributed by atoms with Crippen LogP contribution in [0.4, 0.5) is 5.69 Å². The summed E-state index contributed by atoms with van der Waals surface area (Å²) in [6, 6.07) is 9.69. The van der Waals surface area contributed by atoms with E-state index in [4.69, 9.17) is 4.74 Å². The first-order valence-corrected chi connectivity index (χ1v) is 6.86. The molecule has 1 N–H and O–H groups in total. The molecule has 0 heterocycles. The van der Waals surface area contributed by atoms with Gasteiger partial charge in [0.15, 0.2) is 0 Å². The van der Waals surface area contributed by atoms with Crippen LogP contribution in [0.2, 0.25) is 0 Å². The van der Waals surface area contributed by atoms with Crippen molar-refractivity contribution in [3.8, 4) is 0 Å². The molecule has 0 aliphatic carbocycles. The fraction of sp³-hybridized carbons (Fsp3) is 0.267. The molecule has 0 atom stereocenters. The van der Waals surface area contributed by atoms with E-state index >= 15 is 0 Å². The number of halogens is 1. The summed E-state index contributed by atoms with van der Waals surface area (Å²) in [5.41, 5.74) is 2.28. The van der Waals surface area contributed by atoms with Gasteiger partial charge in [-0.05, 0) is 30.5 Å². The van der Waals surface area contributed by atoms with E-state index in [1.165, 1.54) is 0 Å². The van der Waals surface area contributed by atoms with Gasteiger partial charge in [0, 0.05) is 17.8 Å².